The van der Waals surface area contributed by atoms with Crippen LogP contribution in [0.4, 0.5) is 11.4 Å². The molecule has 3 aromatic rings. The monoisotopic (exact) mass is 400 g/mol. The van der Waals surface area contributed by atoms with E-state index in [2.05, 4.69) is 0 Å². The van der Waals surface area contributed by atoms with E-state index in [1.807, 2.05) is 0 Å². The number of amides is 1. The summed E-state index contributed by atoms with van der Waals surface area (Å²) in [5.74, 6) is -1.99. The smallest absolute Gasteiger partial charge is 0.300 e. The van der Waals surface area contributed by atoms with Gasteiger partial charge in [0, 0.05) is 23.4 Å². The fourth-order valence-electron chi connectivity index (χ4n) is 3.56. The van der Waals surface area contributed by atoms with E-state index in [9.17, 15) is 24.8 Å². The molecule has 7 nitrogen and oxygen atoms in total. The van der Waals surface area contributed by atoms with Gasteiger partial charge in [-0.15, -0.1) is 0 Å². The van der Waals surface area contributed by atoms with E-state index in [0.717, 1.165) is 0 Å². The Morgan fingerprint density at radius 2 is 1.53 bits per heavy atom. The van der Waals surface area contributed by atoms with E-state index < -0.39 is 22.7 Å². The highest BCUT2D eigenvalue weighted by atomic mass is 16.6. The second-order valence-corrected chi connectivity index (χ2v) is 6.72. The molecular formula is C23H16N2O5. The van der Waals surface area contributed by atoms with Gasteiger partial charge in [0.05, 0.1) is 16.5 Å². The third-order valence-corrected chi connectivity index (χ3v) is 4.92. The van der Waals surface area contributed by atoms with Crippen molar-refractivity contribution in [3.8, 4) is 0 Å². The van der Waals surface area contributed by atoms with Gasteiger partial charge in [0.2, 0.25) is 0 Å². The van der Waals surface area contributed by atoms with Gasteiger partial charge < -0.3 is 5.11 Å². The quantitative estimate of drug-likeness (QED) is 0.232. The number of para-hydroxylation sites is 1. The van der Waals surface area contributed by atoms with Crippen LogP contribution >= 0.6 is 0 Å². The van der Waals surface area contributed by atoms with E-state index in [4.69, 9.17) is 0 Å². The van der Waals surface area contributed by atoms with Crippen LogP contribution in [-0.2, 0) is 9.59 Å². The lowest BCUT2D eigenvalue weighted by Gasteiger charge is -2.25. The minimum Gasteiger partial charge on any atom is -0.507 e. The Kier molecular flexibility index (Phi) is 4.85. The van der Waals surface area contributed by atoms with Crippen LogP contribution < -0.4 is 4.90 Å². The summed E-state index contributed by atoms with van der Waals surface area (Å²) in [5.41, 5.74) is 0.883. The summed E-state index contributed by atoms with van der Waals surface area (Å²) in [6.45, 7) is 0. The summed E-state index contributed by atoms with van der Waals surface area (Å²) in [6, 6.07) is 21.7. The molecule has 1 amide bonds. The first-order valence-corrected chi connectivity index (χ1v) is 9.15. The maximum Gasteiger partial charge on any atom is 0.300 e. The first-order chi connectivity index (χ1) is 14.5. The number of nitro benzene ring substituents is 1. The van der Waals surface area contributed by atoms with Crippen LogP contribution in [0.1, 0.15) is 17.2 Å². The molecular weight excluding hydrogens is 384 g/mol. The van der Waals surface area contributed by atoms with Gasteiger partial charge in [-0.3, -0.25) is 24.6 Å². The molecule has 30 heavy (non-hydrogen) atoms. The summed E-state index contributed by atoms with van der Waals surface area (Å²) >= 11 is 0. The van der Waals surface area contributed by atoms with Crippen LogP contribution in [-0.4, -0.2) is 21.7 Å². The van der Waals surface area contributed by atoms with Gasteiger partial charge in [0.15, 0.2) is 0 Å². The number of anilines is 1. The molecule has 1 heterocycles. The average molecular weight is 400 g/mol. The average Bonchev–Trinajstić information content (AvgIpc) is 3.05. The number of aliphatic hydroxyl groups is 1. The van der Waals surface area contributed by atoms with E-state index >= 15 is 0 Å². The highest BCUT2D eigenvalue weighted by Crippen LogP contribution is 2.42. The third-order valence-electron chi connectivity index (χ3n) is 4.92. The molecule has 0 saturated carbocycles. The highest BCUT2D eigenvalue weighted by molar-refractivity contribution is 6.51. The molecule has 1 N–H and O–H groups in total. The molecule has 1 fully saturated rings. The first kappa shape index (κ1) is 19.1. The molecule has 1 aliphatic heterocycles. The molecule has 7 heteroatoms. The predicted octanol–water partition coefficient (Wildman–Crippen LogP) is 4.22. The molecule has 148 valence electrons. The molecule has 3 aromatic carbocycles. The maximum absolute atomic E-state index is 13.0. The lowest BCUT2D eigenvalue weighted by Crippen LogP contribution is -2.29. The Balaban J connectivity index is 1.97. The summed E-state index contributed by atoms with van der Waals surface area (Å²) in [7, 11) is 0. The predicted molar refractivity (Wildman–Crippen MR) is 111 cm³/mol. The number of nitro groups is 1. The van der Waals surface area contributed by atoms with Gasteiger partial charge in [0.25, 0.3) is 17.4 Å². The molecule has 0 spiro atoms. The molecule has 0 aromatic heterocycles. The Hall–Kier alpha value is -4.26. The van der Waals surface area contributed by atoms with Gasteiger partial charge in [-0.2, -0.15) is 0 Å². The zero-order chi connectivity index (χ0) is 21.3. The normalized spacial score (nSPS) is 17.9. The minimum atomic E-state index is -1.01. The molecule has 1 atom stereocenters. The van der Waals surface area contributed by atoms with Gasteiger partial charge >= 0.3 is 0 Å². The van der Waals surface area contributed by atoms with Crippen molar-refractivity contribution >= 4 is 28.8 Å². The molecule has 0 aliphatic carbocycles. The van der Waals surface area contributed by atoms with Crippen molar-refractivity contribution in [2.75, 3.05) is 4.90 Å². The number of ketones is 1. The molecule has 1 saturated heterocycles. The van der Waals surface area contributed by atoms with Gasteiger partial charge in [-0.1, -0.05) is 60.7 Å². The number of non-ortho nitro benzene ring substituents is 1. The number of hydrogen-bond donors (Lipinski definition) is 1. The van der Waals surface area contributed by atoms with Crippen LogP contribution in [0.15, 0.2) is 90.5 Å². The van der Waals surface area contributed by atoms with E-state index in [1.54, 1.807) is 66.7 Å². The Morgan fingerprint density at radius 1 is 0.900 bits per heavy atom. The van der Waals surface area contributed by atoms with Crippen LogP contribution in [0.2, 0.25) is 0 Å². The molecule has 0 radical (unpaired) electrons. The van der Waals surface area contributed by atoms with Crippen LogP contribution in [0.5, 0.6) is 0 Å². The number of benzene rings is 3. The molecule has 0 bridgehead atoms. The maximum atomic E-state index is 13.0. The topological polar surface area (TPSA) is 101 Å². The minimum absolute atomic E-state index is 0.115. The van der Waals surface area contributed by atoms with E-state index in [0.29, 0.717) is 16.8 Å². The SMILES string of the molecule is O=C1C(=O)N(c2ccccc2)[C@@H](c2cccc([N+](=O)[O-])c2)C1=C(O)c1ccccc1. The molecule has 1 aliphatic rings. The third kappa shape index (κ3) is 3.22. The zero-order valence-electron chi connectivity index (χ0n) is 15.6. The highest BCUT2D eigenvalue weighted by Gasteiger charge is 2.47. The van der Waals surface area contributed by atoms with Crippen LogP contribution in [0.3, 0.4) is 0 Å². The summed E-state index contributed by atoms with van der Waals surface area (Å²) in [4.78, 5) is 37.9. The number of rotatable bonds is 4. The number of Topliss-reactive ketones (excluding diaryl/α,β-unsaturated/α-hetero) is 1. The number of carbonyl (C=O) groups excluding carboxylic acids is 2. The number of nitrogens with zero attached hydrogens (tertiary/aromatic N) is 2. The number of aliphatic hydroxyl groups excluding tert-OH is 1. The molecule has 0 unspecified atom stereocenters. The Bertz CT molecular complexity index is 1170. The van der Waals surface area contributed by atoms with Crippen LogP contribution in [0, 0.1) is 10.1 Å². The summed E-state index contributed by atoms with van der Waals surface area (Å²) in [5, 5.41) is 22.2. The second-order valence-electron chi connectivity index (χ2n) is 6.72. The Labute approximate surface area is 171 Å². The van der Waals surface area contributed by atoms with Crippen molar-refractivity contribution < 1.29 is 19.6 Å². The second kappa shape index (κ2) is 7.63. The van der Waals surface area contributed by atoms with Crippen LogP contribution in [0.25, 0.3) is 5.76 Å². The lowest BCUT2D eigenvalue weighted by molar-refractivity contribution is -0.384. The molecule has 4 rings (SSSR count). The first-order valence-electron chi connectivity index (χ1n) is 9.15. The lowest BCUT2D eigenvalue weighted by atomic mass is 9.95. The van der Waals surface area contributed by atoms with Crippen molar-refractivity contribution in [3.05, 3.63) is 112 Å². The van der Waals surface area contributed by atoms with Gasteiger partial charge in [0.1, 0.15) is 5.76 Å². The fourth-order valence-corrected chi connectivity index (χ4v) is 3.56. The van der Waals surface area contributed by atoms with Gasteiger partial charge in [-0.25, -0.2) is 0 Å². The van der Waals surface area contributed by atoms with Crippen molar-refractivity contribution in [1.82, 2.24) is 0 Å². The van der Waals surface area contributed by atoms with E-state index in [-0.39, 0.29) is 17.0 Å². The summed E-state index contributed by atoms with van der Waals surface area (Å²) in [6.07, 6.45) is 0. The fraction of sp³-hybridized carbons (Fsp3) is 0.0435. The van der Waals surface area contributed by atoms with Crippen molar-refractivity contribution in [1.29, 1.82) is 0 Å². The largest absolute Gasteiger partial charge is 0.507 e. The zero-order valence-corrected chi connectivity index (χ0v) is 15.6. The van der Waals surface area contributed by atoms with Crippen molar-refractivity contribution in [3.63, 3.8) is 0 Å². The summed E-state index contributed by atoms with van der Waals surface area (Å²) < 4.78 is 0. The standard InChI is InChI=1S/C23H16N2O5/c26-21(15-8-3-1-4-9-15)19-20(16-10-7-13-18(14-16)25(29)30)24(23(28)22(19)27)17-11-5-2-6-12-17/h1-14,20,26H/t20-/m0/s1. The van der Waals surface area contributed by atoms with E-state index in [1.165, 1.54) is 23.1 Å². The van der Waals surface area contributed by atoms with Crippen molar-refractivity contribution in [2.45, 2.75) is 6.04 Å². The van der Waals surface area contributed by atoms with Crippen molar-refractivity contribution in [2.24, 2.45) is 0 Å². The number of hydrogen-bond acceptors (Lipinski definition) is 5. The Morgan fingerprint density at radius 3 is 2.17 bits per heavy atom. The number of carbonyl (C=O) groups is 2. The van der Waals surface area contributed by atoms with Gasteiger partial charge in [-0.05, 0) is 17.7 Å².